The lowest BCUT2D eigenvalue weighted by atomic mass is 10.2. The molecule has 57 valence electrons. The average molecular weight is 143 g/mol. The van der Waals surface area contributed by atoms with Crippen molar-refractivity contribution in [1.29, 1.82) is 0 Å². The van der Waals surface area contributed by atoms with Crippen molar-refractivity contribution in [3.63, 3.8) is 0 Å². The van der Waals surface area contributed by atoms with E-state index < -0.39 is 0 Å². The predicted molar refractivity (Wildman–Crippen MR) is 35.7 cm³/mol. The average Bonchev–Trinajstić information content (AvgIpc) is 2.05. The first kappa shape index (κ1) is 7.50. The maximum Gasteiger partial charge on any atom is 0.240 e. The van der Waals surface area contributed by atoms with Gasteiger partial charge in [-0.2, -0.15) is 0 Å². The summed E-state index contributed by atoms with van der Waals surface area (Å²) in [5.74, 6) is -0.0558. The molecule has 0 aromatic heterocycles. The molecule has 10 heavy (non-hydrogen) atoms. The zero-order chi connectivity index (χ0) is 7.40. The molecular weight excluding hydrogens is 132 g/mol. The molecule has 1 fully saturated rings. The van der Waals surface area contributed by atoms with Crippen LogP contribution in [0.15, 0.2) is 0 Å². The van der Waals surface area contributed by atoms with Crippen molar-refractivity contribution < 1.29 is 9.53 Å². The molecule has 0 spiro atoms. The zero-order valence-corrected chi connectivity index (χ0v) is 5.96. The first-order valence-electron chi connectivity index (χ1n) is 3.30. The van der Waals surface area contributed by atoms with E-state index in [2.05, 4.69) is 10.6 Å². The van der Waals surface area contributed by atoms with E-state index in [1.807, 2.05) is 0 Å². The van der Waals surface area contributed by atoms with E-state index >= 15 is 0 Å². The molecule has 4 nitrogen and oxygen atoms in total. The van der Waals surface area contributed by atoms with Crippen LogP contribution in [0.25, 0.3) is 0 Å². The molecule has 0 aliphatic carbocycles. The summed E-state index contributed by atoms with van der Waals surface area (Å²) in [7, 11) is 1.60. The number of amides is 1. The van der Waals surface area contributed by atoms with Crippen LogP contribution in [0.2, 0.25) is 0 Å². The van der Waals surface area contributed by atoms with Crippen molar-refractivity contribution in [2.45, 2.75) is 6.04 Å². The largest absolute Gasteiger partial charge is 0.378 e. The molecule has 1 unspecified atom stereocenters. The van der Waals surface area contributed by atoms with Gasteiger partial charge in [-0.3, -0.25) is 4.79 Å². The summed E-state index contributed by atoms with van der Waals surface area (Å²) in [4.78, 5) is 10.9. The number of hydrogen-bond donors (Lipinski definition) is 1. The van der Waals surface area contributed by atoms with Gasteiger partial charge in [-0.05, 0) is 0 Å². The van der Waals surface area contributed by atoms with E-state index in [9.17, 15) is 4.79 Å². The van der Waals surface area contributed by atoms with Crippen molar-refractivity contribution >= 4 is 5.91 Å². The second kappa shape index (κ2) is 3.53. The van der Waals surface area contributed by atoms with Gasteiger partial charge >= 0.3 is 0 Å². The Morgan fingerprint density at radius 1 is 1.80 bits per heavy atom. The smallest absolute Gasteiger partial charge is 0.240 e. The molecule has 1 aliphatic heterocycles. The Labute approximate surface area is 59.9 Å². The van der Waals surface area contributed by atoms with Crippen molar-refractivity contribution in [1.82, 2.24) is 10.6 Å². The highest BCUT2D eigenvalue weighted by molar-refractivity contribution is 5.81. The molecule has 4 heteroatoms. The monoisotopic (exact) mass is 143 g/mol. The number of nitrogens with one attached hydrogen (secondary N) is 1. The van der Waals surface area contributed by atoms with Crippen LogP contribution in [0, 0.1) is 0 Å². The van der Waals surface area contributed by atoms with E-state index in [0.29, 0.717) is 19.8 Å². The molecule has 1 radical (unpaired) electrons. The molecule has 1 atom stereocenters. The fraction of sp³-hybridized carbons (Fsp3) is 0.833. The lowest BCUT2D eigenvalue weighted by molar-refractivity contribution is -0.125. The van der Waals surface area contributed by atoms with Crippen molar-refractivity contribution in [2.24, 2.45) is 0 Å². The normalized spacial score (nSPS) is 25.9. The minimum absolute atomic E-state index is 0.0558. The minimum atomic E-state index is -0.279. The number of carbonyl (C=O) groups is 1. The fourth-order valence-corrected chi connectivity index (χ4v) is 0.846. The van der Waals surface area contributed by atoms with E-state index in [0.717, 1.165) is 0 Å². The van der Waals surface area contributed by atoms with Gasteiger partial charge in [0.15, 0.2) is 0 Å². The number of carbonyl (C=O) groups excluding carboxylic acids is 1. The summed E-state index contributed by atoms with van der Waals surface area (Å²) < 4.78 is 5.05. The molecule has 0 aromatic carbocycles. The Hall–Kier alpha value is -0.610. The van der Waals surface area contributed by atoms with Gasteiger partial charge < -0.3 is 10.1 Å². The van der Waals surface area contributed by atoms with Crippen LogP contribution in [0.4, 0.5) is 0 Å². The van der Waals surface area contributed by atoms with Gasteiger partial charge in [-0.1, -0.05) is 0 Å². The Bertz CT molecular complexity index is 121. The lowest BCUT2D eigenvalue weighted by Crippen LogP contribution is -2.46. The topological polar surface area (TPSA) is 52.4 Å². The summed E-state index contributed by atoms with van der Waals surface area (Å²) in [6.45, 7) is 1.71. The second-order valence-corrected chi connectivity index (χ2v) is 2.11. The second-order valence-electron chi connectivity index (χ2n) is 2.11. The molecule has 1 heterocycles. The van der Waals surface area contributed by atoms with Crippen LogP contribution in [-0.2, 0) is 9.53 Å². The van der Waals surface area contributed by atoms with Crippen LogP contribution in [0.1, 0.15) is 0 Å². The van der Waals surface area contributed by atoms with E-state index in [-0.39, 0.29) is 11.9 Å². The maximum atomic E-state index is 10.9. The molecule has 0 bridgehead atoms. The van der Waals surface area contributed by atoms with Gasteiger partial charge in [0, 0.05) is 13.6 Å². The summed E-state index contributed by atoms with van der Waals surface area (Å²) >= 11 is 0. The third kappa shape index (κ3) is 1.68. The molecule has 0 aromatic rings. The summed E-state index contributed by atoms with van der Waals surface area (Å²) in [6, 6.07) is -0.279. The Kier molecular flexibility index (Phi) is 2.65. The molecule has 1 N–H and O–H groups in total. The van der Waals surface area contributed by atoms with Gasteiger partial charge in [-0.25, -0.2) is 5.32 Å². The van der Waals surface area contributed by atoms with Gasteiger partial charge in [0.25, 0.3) is 0 Å². The zero-order valence-electron chi connectivity index (χ0n) is 5.96. The molecule has 1 saturated heterocycles. The third-order valence-electron chi connectivity index (χ3n) is 1.41. The van der Waals surface area contributed by atoms with E-state index in [1.165, 1.54) is 0 Å². The minimum Gasteiger partial charge on any atom is -0.378 e. The Morgan fingerprint density at radius 2 is 2.60 bits per heavy atom. The number of hydrogen-bond acceptors (Lipinski definition) is 2. The van der Waals surface area contributed by atoms with Crippen molar-refractivity contribution in [3.8, 4) is 0 Å². The summed E-state index contributed by atoms with van der Waals surface area (Å²) in [5, 5.41) is 6.59. The maximum absolute atomic E-state index is 10.9. The first-order valence-corrected chi connectivity index (χ1v) is 3.30. The van der Waals surface area contributed by atoms with Gasteiger partial charge in [0.05, 0.1) is 13.2 Å². The molecule has 1 aliphatic rings. The number of nitrogens with zero attached hydrogens (tertiary/aromatic N) is 1. The van der Waals surface area contributed by atoms with E-state index in [4.69, 9.17) is 4.74 Å². The van der Waals surface area contributed by atoms with Gasteiger partial charge in [0.1, 0.15) is 6.04 Å². The number of likely N-dealkylation sites (N-methyl/N-ethyl adjacent to an activating group) is 1. The highest BCUT2D eigenvalue weighted by Gasteiger charge is 2.20. The van der Waals surface area contributed by atoms with Gasteiger partial charge in [-0.15, -0.1) is 0 Å². The number of ether oxygens (including phenoxy) is 1. The van der Waals surface area contributed by atoms with Crippen LogP contribution >= 0.6 is 0 Å². The van der Waals surface area contributed by atoms with Crippen LogP contribution in [0.3, 0.4) is 0 Å². The van der Waals surface area contributed by atoms with Gasteiger partial charge in [0.2, 0.25) is 5.91 Å². The molecule has 0 saturated carbocycles. The highest BCUT2D eigenvalue weighted by Crippen LogP contribution is 1.93. The van der Waals surface area contributed by atoms with E-state index in [1.54, 1.807) is 7.05 Å². The van der Waals surface area contributed by atoms with Crippen LogP contribution in [0.5, 0.6) is 0 Å². The summed E-state index contributed by atoms with van der Waals surface area (Å²) in [6.07, 6.45) is 0. The quantitative estimate of drug-likeness (QED) is 0.498. The molecule has 1 rings (SSSR count). The number of rotatable bonds is 1. The summed E-state index contributed by atoms with van der Waals surface area (Å²) in [5.41, 5.74) is 0. The fourth-order valence-electron chi connectivity index (χ4n) is 0.846. The lowest BCUT2D eigenvalue weighted by Gasteiger charge is -2.19. The Morgan fingerprint density at radius 3 is 3.10 bits per heavy atom. The SMILES string of the molecule is CNC(=O)C1COCC[N]1. The standard InChI is InChI=1S/C6H11N2O2/c1-7-6(9)5-4-10-3-2-8-5/h5H,2-4H2,1H3,(H,7,9). The molecular formula is C6H11N2O2. The molecule has 1 amide bonds. The first-order chi connectivity index (χ1) is 4.84. The Balaban J connectivity index is 2.31. The van der Waals surface area contributed by atoms with Crippen LogP contribution in [-0.4, -0.2) is 38.8 Å². The van der Waals surface area contributed by atoms with Crippen molar-refractivity contribution in [3.05, 3.63) is 0 Å². The predicted octanol–water partition coefficient (Wildman–Crippen LogP) is -1.26. The van der Waals surface area contributed by atoms with Crippen molar-refractivity contribution in [2.75, 3.05) is 26.8 Å². The highest BCUT2D eigenvalue weighted by atomic mass is 16.5. The van der Waals surface area contributed by atoms with Crippen LogP contribution < -0.4 is 10.6 Å². The number of morpholine rings is 1. The third-order valence-corrected chi connectivity index (χ3v) is 1.41.